The molecule has 4 saturated carbocycles. The largest absolute Gasteiger partial charge is 0.373 e. The third-order valence-corrected chi connectivity index (χ3v) is 18.4. The van der Waals surface area contributed by atoms with Gasteiger partial charge >= 0.3 is 0 Å². The minimum atomic E-state index is 0.659. The highest BCUT2D eigenvalue weighted by Crippen LogP contribution is 2.44. The van der Waals surface area contributed by atoms with E-state index >= 15 is 0 Å². The van der Waals surface area contributed by atoms with E-state index in [0.717, 1.165) is 35.5 Å². The van der Waals surface area contributed by atoms with Crippen molar-refractivity contribution in [2.45, 2.75) is 271 Å². The molecule has 4 aliphatic rings. The van der Waals surface area contributed by atoms with Gasteiger partial charge in [0, 0.05) is 0 Å². The van der Waals surface area contributed by atoms with E-state index in [4.69, 9.17) is 4.74 Å². The number of benzene rings is 2. The molecule has 67 heavy (non-hydrogen) atoms. The SMILES string of the molecule is CCCCCCC[C@H]1CC[C@H](C(=CCOCC=C(c2ccc([C@H]3CC[C@H](CCCCC)CC3)cc2)[C@H]2CC[C@H](CCCCCCC)CC2)c2ccc([C@H]3CC[C@H](CCCCC)CC3)cc2)CC1. The van der Waals surface area contributed by atoms with Crippen LogP contribution in [0.2, 0.25) is 0 Å². The van der Waals surface area contributed by atoms with Gasteiger partial charge in [-0.25, -0.2) is 0 Å². The van der Waals surface area contributed by atoms with Gasteiger partial charge in [-0.3, -0.25) is 0 Å². The summed E-state index contributed by atoms with van der Waals surface area (Å²) in [6.45, 7) is 10.8. The van der Waals surface area contributed by atoms with Crippen LogP contribution in [0.4, 0.5) is 0 Å². The van der Waals surface area contributed by atoms with Gasteiger partial charge in [0.25, 0.3) is 0 Å². The van der Waals surface area contributed by atoms with Crippen LogP contribution in [0.5, 0.6) is 0 Å². The van der Waals surface area contributed by atoms with Gasteiger partial charge in [-0.15, -0.1) is 0 Å². The van der Waals surface area contributed by atoms with E-state index in [1.165, 1.54) is 242 Å². The highest BCUT2D eigenvalue weighted by atomic mass is 16.5. The van der Waals surface area contributed by atoms with Crippen molar-refractivity contribution < 1.29 is 4.74 Å². The molecular formula is C66H106O. The highest BCUT2D eigenvalue weighted by molar-refractivity contribution is 5.69. The van der Waals surface area contributed by atoms with E-state index < -0.39 is 0 Å². The lowest BCUT2D eigenvalue weighted by atomic mass is 9.74. The molecule has 376 valence electrons. The standard InChI is InChI=1S/C66H106O/c1-5-9-13-15-19-23-55-29-37-61(38-30-55)65(63-45-41-59(42-46-63)57-33-25-53(26-34-57)21-17-11-7-3)49-51-67-52-50-66(62-39-31-56(32-40-62)24-20-16-14-10-6-2)64-47-43-60(44-48-64)58-35-27-54(28-36-58)22-18-12-8-4/h41-50,53-58,61-62H,5-40,51-52H2,1-4H3/t53-,54-,55-,56-,57-,58-,61-,62-. The molecule has 1 nitrogen and oxygen atoms in total. The Morgan fingerprint density at radius 1 is 0.358 bits per heavy atom. The zero-order chi connectivity index (χ0) is 46.7. The summed E-state index contributed by atoms with van der Waals surface area (Å²) in [5.74, 6) is 6.63. The lowest BCUT2D eigenvalue weighted by Gasteiger charge is -2.31. The van der Waals surface area contributed by atoms with Crippen molar-refractivity contribution in [3.05, 3.63) is 82.9 Å². The topological polar surface area (TPSA) is 9.23 Å². The predicted molar refractivity (Wildman–Crippen MR) is 295 cm³/mol. The van der Waals surface area contributed by atoms with Crippen LogP contribution < -0.4 is 0 Å². The minimum absolute atomic E-state index is 0.659. The van der Waals surface area contributed by atoms with Gasteiger partial charge in [-0.2, -0.15) is 0 Å². The van der Waals surface area contributed by atoms with Crippen LogP contribution in [-0.2, 0) is 4.74 Å². The third kappa shape index (κ3) is 18.9. The molecule has 0 spiro atoms. The number of hydrogen-bond acceptors (Lipinski definition) is 1. The molecule has 2 aromatic carbocycles. The van der Waals surface area contributed by atoms with Crippen LogP contribution in [0.1, 0.15) is 293 Å². The molecule has 0 heterocycles. The van der Waals surface area contributed by atoms with Crippen molar-refractivity contribution in [2.24, 2.45) is 35.5 Å². The van der Waals surface area contributed by atoms with Gasteiger partial charge in [0.1, 0.15) is 0 Å². The van der Waals surface area contributed by atoms with Crippen LogP contribution in [0.15, 0.2) is 60.7 Å². The molecule has 0 N–H and O–H groups in total. The molecule has 0 aromatic heterocycles. The molecular weight excluding hydrogens is 809 g/mol. The smallest absolute Gasteiger partial charge is 0.0657 e. The molecule has 2 aromatic rings. The van der Waals surface area contributed by atoms with Gasteiger partial charge in [0.15, 0.2) is 0 Å². The molecule has 4 fully saturated rings. The Morgan fingerprint density at radius 3 is 0.970 bits per heavy atom. The lowest BCUT2D eigenvalue weighted by Crippen LogP contribution is -2.17. The summed E-state index contributed by atoms with van der Waals surface area (Å²) < 4.78 is 6.71. The zero-order valence-electron chi connectivity index (χ0n) is 44.7. The molecule has 0 saturated heterocycles. The summed E-state index contributed by atoms with van der Waals surface area (Å²) in [5, 5.41) is 0. The summed E-state index contributed by atoms with van der Waals surface area (Å²) in [4.78, 5) is 0. The van der Waals surface area contributed by atoms with Crippen molar-refractivity contribution in [1.29, 1.82) is 0 Å². The van der Waals surface area contributed by atoms with E-state index in [9.17, 15) is 0 Å². The molecule has 0 unspecified atom stereocenters. The summed E-state index contributed by atoms with van der Waals surface area (Å²) in [6.07, 6.45) is 55.6. The first-order chi connectivity index (χ1) is 33.1. The summed E-state index contributed by atoms with van der Waals surface area (Å²) in [7, 11) is 0. The van der Waals surface area contributed by atoms with Crippen LogP contribution in [-0.4, -0.2) is 13.2 Å². The first-order valence-corrected chi connectivity index (χ1v) is 30.3. The number of hydrogen-bond donors (Lipinski definition) is 0. The molecule has 0 atom stereocenters. The van der Waals surface area contributed by atoms with E-state index in [1.807, 2.05) is 0 Å². The molecule has 1 heteroatoms. The van der Waals surface area contributed by atoms with Crippen molar-refractivity contribution in [1.82, 2.24) is 0 Å². The molecule has 0 amide bonds. The van der Waals surface area contributed by atoms with Crippen molar-refractivity contribution in [3.8, 4) is 0 Å². The number of rotatable bonds is 30. The third-order valence-electron chi connectivity index (χ3n) is 18.4. The average Bonchev–Trinajstić information content (AvgIpc) is 3.37. The molecule has 0 radical (unpaired) electrons. The van der Waals surface area contributed by atoms with E-state index in [2.05, 4.69) is 88.4 Å². The fourth-order valence-electron chi connectivity index (χ4n) is 13.8. The summed E-state index contributed by atoms with van der Waals surface area (Å²) in [6, 6.07) is 20.1. The molecule has 0 aliphatic heterocycles. The van der Waals surface area contributed by atoms with Crippen LogP contribution >= 0.6 is 0 Å². The van der Waals surface area contributed by atoms with Crippen molar-refractivity contribution in [2.75, 3.05) is 13.2 Å². The van der Waals surface area contributed by atoms with E-state index in [-0.39, 0.29) is 0 Å². The zero-order valence-corrected chi connectivity index (χ0v) is 44.7. The normalized spacial score (nSPS) is 26.5. The fourth-order valence-corrected chi connectivity index (χ4v) is 13.8. The van der Waals surface area contributed by atoms with Gasteiger partial charge in [0.05, 0.1) is 13.2 Å². The maximum Gasteiger partial charge on any atom is 0.0657 e. The second kappa shape index (κ2) is 32.0. The maximum atomic E-state index is 6.71. The molecule has 0 bridgehead atoms. The number of unbranched alkanes of at least 4 members (excludes halogenated alkanes) is 12. The summed E-state index contributed by atoms with van der Waals surface area (Å²) in [5.41, 5.74) is 9.27. The first-order valence-electron chi connectivity index (χ1n) is 30.3. The van der Waals surface area contributed by atoms with Gasteiger partial charge in [-0.05, 0) is 183 Å². The van der Waals surface area contributed by atoms with Crippen LogP contribution in [0.25, 0.3) is 11.1 Å². The minimum Gasteiger partial charge on any atom is -0.373 e. The Kier molecular flexibility index (Phi) is 25.9. The maximum absolute atomic E-state index is 6.71. The highest BCUT2D eigenvalue weighted by Gasteiger charge is 2.28. The predicted octanol–water partition coefficient (Wildman–Crippen LogP) is 21.2. The molecule has 6 rings (SSSR count). The Hall–Kier alpha value is -2.12. The Labute approximate surface area is 416 Å². The van der Waals surface area contributed by atoms with Gasteiger partial charge in [0.2, 0.25) is 0 Å². The Morgan fingerprint density at radius 2 is 0.642 bits per heavy atom. The quantitative estimate of drug-likeness (QED) is 0.0710. The van der Waals surface area contributed by atoms with Gasteiger partial charge < -0.3 is 4.74 Å². The number of allylic oxidation sites excluding steroid dienone is 2. The van der Waals surface area contributed by atoms with E-state index in [1.54, 1.807) is 22.3 Å². The summed E-state index contributed by atoms with van der Waals surface area (Å²) >= 11 is 0. The number of ether oxygens (including phenoxy) is 1. The van der Waals surface area contributed by atoms with E-state index in [0.29, 0.717) is 25.0 Å². The van der Waals surface area contributed by atoms with Crippen LogP contribution in [0, 0.1) is 35.5 Å². The second-order valence-electron chi connectivity index (χ2n) is 23.4. The fraction of sp³-hybridized carbons (Fsp3) is 0.758. The first kappa shape index (κ1) is 54.2. The molecule has 4 aliphatic carbocycles. The Bertz CT molecular complexity index is 1470. The monoisotopic (exact) mass is 915 g/mol. The second-order valence-corrected chi connectivity index (χ2v) is 23.4. The lowest BCUT2D eigenvalue weighted by molar-refractivity contribution is 0.193. The van der Waals surface area contributed by atoms with Crippen molar-refractivity contribution >= 4 is 11.1 Å². The van der Waals surface area contributed by atoms with Crippen LogP contribution in [0.3, 0.4) is 0 Å². The average molecular weight is 916 g/mol. The van der Waals surface area contributed by atoms with Gasteiger partial charge in [-0.1, -0.05) is 217 Å². The Balaban J connectivity index is 1.10. The van der Waals surface area contributed by atoms with Crippen molar-refractivity contribution in [3.63, 3.8) is 0 Å².